The Hall–Kier alpha value is -3.34. The van der Waals surface area contributed by atoms with Crippen molar-refractivity contribution in [3.8, 4) is 11.4 Å². The van der Waals surface area contributed by atoms with Crippen LogP contribution in [0.1, 0.15) is 24.7 Å². The summed E-state index contributed by atoms with van der Waals surface area (Å²) in [4.78, 5) is 19.8. The summed E-state index contributed by atoms with van der Waals surface area (Å²) in [5.41, 5.74) is 5.55. The van der Waals surface area contributed by atoms with Crippen molar-refractivity contribution in [1.29, 1.82) is 0 Å². The number of amides is 1. The molecule has 2 aromatic heterocycles. The van der Waals surface area contributed by atoms with Gasteiger partial charge in [-0.3, -0.25) is 4.79 Å². The van der Waals surface area contributed by atoms with Gasteiger partial charge >= 0.3 is 0 Å². The Kier molecular flexibility index (Phi) is 4.89. The Morgan fingerprint density at radius 2 is 1.81 bits per heavy atom. The van der Waals surface area contributed by atoms with Crippen LogP contribution in [0, 0.1) is 13.8 Å². The highest BCUT2D eigenvalue weighted by atomic mass is 16.2. The summed E-state index contributed by atoms with van der Waals surface area (Å²) in [6.45, 7) is 8.99. The Morgan fingerprint density at radius 1 is 1.00 bits per heavy atom. The predicted octanol–water partition coefficient (Wildman–Crippen LogP) is 5.08. The van der Waals surface area contributed by atoms with E-state index in [0.29, 0.717) is 13.1 Å². The Labute approximate surface area is 182 Å². The molecule has 0 aliphatic carbocycles. The van der Waals surface area contributed by atoms with Gasteiger partial charge in [-0.15, -0.1) is 0 Å². The van der Waals surface area contributed by atoms with Crippen molar-refractivity contribution in [1.82, 2.24) is 19.0 Å². The highest BCUT2D eigenvalue weighted by Gasteiger charge is 2.20. The third-order valence-electron chi connectivity index (χ3n) is 6.51. The highest BCUT2D eigenvalue weighted by molar-refractivity contribution is 6.09. The molecule has 5 heteroatoms. The Morgan fingerprint density at radius 3 is 2.58 bits per heavy atom. The fraction of sp³-hybridized carbons (Fsp3) is 0.308. The molecule has 0 fully saturated rings. The van der Waals surface area contributed by atoms with Gasteiger partial charge in [-0.2, -0.15) is 0 Å². The number of hydrogen-bond acceptors (Lipinski definition) is 2. The number of carbonyl (C=O) groups excluding carboxylic acids is 1. The molecule has 0 saturated carbocycles. The van der Waals surface area contributed by atoms with Crippen molar-refractivity contribution < 1.29 is 4.79 Å². The molecule has 4 aromatic rings. The lowest BCUT2D eigenvalue weighted by atomic mass is 10.1. The van der Waals surface area contributed by atoms with Crippen LogP contribution >= 0.6 is 0 Å². The first kappa shape index (κ1) is 19.6. The van der Waals surface area contributed by atoms with E-state index in [-0.39, 0.29) is 5.91 Å². The second-order valence-electron chi connectivity index (χ2n) is 8.29. The molecule has 2 aromatic carbocycles. The molecule has 1 aliphatic heterocycles. The summed E-state index contributed by atoms with van der Waals surface area (Å²) in [7, 11) is 0. The zero-order valence-electron chi connectivity index (χ0n) is 18.4. The minimum atomic E-state index is 0.148. The van der Waals surface area contributed by atoms with Gasteiger partial charge in [0.2, 0.25) is 5.91 Å². The maximum atomic E-state index is 13.0. The molecule has 0 saturated heterocycles. The van der Waals surface area contributed by atoms with Crippen molar-refractivity contribution >= 4 is 27.7 Å². The molecule has 0 N–H and O–H groups in total. The van der Waals surface area contributed by atoms with E-state index in [1.54, 1.807) is 0 Å². The number of hydrogen-bond donors (Lipinski definition) is 0. The van der Waals surface area contributed by atoms with E-state index in [1.165, 1.54) is 21.8 Å². The summed E-state index contributed by atoms with van der Waals surface area (Å²) in [5.74, 6) is 1.01. The van der Waals surface area contributed by atoms with Crippen molar-refractivity contribution in [3.63, 3.8) is 0 Å². The maximum Gasteiger partial charge on any atom is 0.242 e. The average molecular weight is 413 g/mol. The summed E-state index contributed by atoms with van der Waals surface area (Å²) in [6, 6.07) is 15.1. The summed E-state index contributed by atoms with van der Waals surface area (Å²) in [5, 5.41) is 2.48. The topological polar surface area (TPSA) is 43.1 Å². The van der Waals surface area contributed by atoms with Gasteiger partial charge in [-0.1, -0.05) is 30.4 Å². The van der Waals surface area contributed by atoms with E-state index < -0.39 is 0 Å². The third kappa shape index (κ3) is 3.25. The fourth-order valence-corrected chi connectivity index (χ4v) is 4.70. The number of benzene rings is 2. The van der Waals surface area contributed by atoms with Crippen LogP contribution in [0.2, 0.25) is 0 Å². The van der Waals surface area contributed by atoms with Crippen LogP contribution < -0.4 is 0 Å². The van der Waals surface area contributed by atoms with Crippen LogP contribution in [0.5, 0.6) is 0 Å². The molecule has 0 bridgehead atoms. The molecule has 1 aliphatic rings. The van der Waals surface area contributed by atoms with E-state index in [1.807, 2.05) is 11.8 Å². The first-order valence-electron chi connectivity index (χ1n) is 11.1. The number of aryl methyl sites for hydroxylation is 2. The zero-order chi connectivity index (χ0) is 21.5. The average Bonchev–Trinajstić information content (AvgIpc) is 3.28. The van der Waals surface area contributed by atoms with Gasteiger partial charge in [-0.25, -0.2) is 4.98 Å². The highest BCUT2D eigenvalue weighted by Crippen LogP contribution is 2.33. The SMILES string of the molecule is CCn1c2ccccc2c2cc(-c3nc(C)c(C)n3CC(=O)N3CC=CCC3)ccc21. The van der Waals surface area contributed by atoms with Gasteiger partial charge in [0.05, 0.1) is 5.69 Å². The lowest BCUT2D eigenvalue weighted by Gasteiger charge is -2.24. The van der Waals surface area contributed by atoms with Gasteiger partial charge in [0.1, 0.15) is 12.4 Å². The minimum absolute atomic E-state index is 0.148. The first-order chi connectivity index (χ1) is 15.1. The number of carbonyl (C=O) groups is 1. The minimum Gasteiger partial charge on any atom is -0.341 e. The fourth-order valence-electron chi connectivity index (χ4n) is 4.70. The molecule has 1 amide bonds. The third-order valence-corrected chi connectivity index (χ3v) is 6.51. The van der Waals surface area contributed by atoms with E-state index in [0.717, 1.165) is 42.3 Å². The van der Waals surface area contributed by atoms with E-state index in [9.17, 15) is 4.79 Å². The largest absolute Gasteiger partial charge is 0.341 e. The molecule has 31 heavy (non-hydrogen) atoms. The van der Waals surface area contributed by atoms with Crippen LogP contribution in [0.4, 0.5) is 0 Å². The van der Waals surface area contributed by atoms with Gasteiger partial charge in [0.25, 0.3) is 0 Å². The molecule has 0 unspecified atom stereocenters. The summed E-state index contributed by atoms with van der Waals surface area (Å²) < 4.78 is 4.43. The summed E-state index contributed by atoms with van der Waals surface area (Å²) in [6.07, 6.45) is 5.15. The van der Waals surface area contributed by atoms with Crippen molar-refractivity contribution in [2.24, 2.45) is 0 Å². The zero-order valence-corrected chi connectivity index (χ0v) is 18.4. The van der Waals surface area contributed by atoms with E-state index in [4.69, 9.17) is 4.98 Å². The molecule has 5 nitrogen and oxygen atoms in total. The van der Waals surface area contributed by atoms with Gasteiger partial charge < -0.3 is 14.0 Å². The van der Waals surface area contributed by atoms with Crippen LogP contribution in [-0.2, 0) is 17.9 Å². The van der Waals surface area contributed by atoms with Crippen LogP contribution in [-0.4, -0.2) is 38.0 Å². The first-order valence-corrected chi connectivity index (χ1v) is 11.1. The van der Waals surface area contributed by atoms with Gasteiger partial charge in [0.15, 0.2) is 0 Å². The Balaban J connectivity index is 1.60. The second kappa shape index (κ2) is 7.73. The molecular formula is C26H28N4O. The van der Waals surface area contributed by atoms with E-state index >= 15 is 0 Å². The molecule has 158 valence electrons. The van der Waals surface area contributed by atoms with Gasteiger partial charge in [0, 0.05) is 52.7 Å². The lowest BCUT2D eigenvalue weighted by Crippen LogP contribution is -2.36. The van der Waals surface area contributed by atoms with Crippen LogP contribution in [0.15, 0.2) is 54.6 Å². The molecule has 5 rings (SSSR count). The van der Waals surface area contributed by atoms with Gasteiger partial charge in [-0.05, 0) is 51.5 Å². The van der Waals surface area contributed by atoms with Crippen molar-refractivity contribution in [3.05, 3.63) is 66.0 Å². The molecule has 3 heterocycles. The number of nitrogens with zero attached hydrogens (tertiary/aromatic N) is 4. The number of fused-ring (bicyclic) bond motifs is 3. The standard InChI is InChI=1S/C26H28N4O/c1-4-29-23-11-7-6-10-21(23)22-16-20(12-13-24(22)29)26-27-18(2)19(3)30(26)17-25(31)28-14-8-5-9-15-28/h5-8,10-13,16H,4,9,14-15,17H2,1-3H3. The number of rotatable bonds is 4. The Bertz CT molecular complexity index is 1320. The monoisotopic (exact) mass is 412 g/mol. The normalized spacial score (nSPS) is 14.1. The molecule has 0 spiro atoms. The van der Waals surface area contributed by atoms with Crippen molar-refractivity contribution in [2.45, 2.75) is 40.3 Å². The maximum absolute atomic E-state index is 13.0. The number of para-hydroxylation sites is 1. The molecule has 0 radical (unpaired) electrons. The quantitative estimate of drug-likeness (QED) is 0.439. The van der Waals surface area contributed by atoms with E-state index in [2.05, 4.69) is 77.6 Å². The van der Waals surface area contributed by atoms with Crippen LogP contribution in [0.3, 0.4) is 0 Å². The smallest absolute Gasteiger partial charge is 0.242 e. The summed E-state index contributed by atoms with van der Waals surface area (Å²) >= 11 is 0. The van der Waals surface area contributed by atoms with Crippen molar-refractivity contribution in [2.75, 3.05) is 13.1 Å². The molecule has 0 atom stereocenters. The molecular weight excluding hydrogens is 384 g/mol. The van der Waals surface area contributed by atoms with Crippen LogP contribution in [0.25, 0.3) is 33.2 Å². The number of aromatic nitrogens is 3. The number of imidazole rings is 1. The second-order valence-corrected chi connectivity index (χ2v) is 8.29. The predicted molar refractivity (Wildman–Crippen MR) is 126 cm³/mol. The lowest BCUT2D eigenvalue weighted by molar-refractivity contribution is -0.131.